The summed E-state index contributed by atoms with van der Waals surface area (Å²) in [5.41, 5.74) is -1.02. The molecule has 1 heterocycles. The van der Waals surface area contributed by atoms with E-state index in [4.69, 9.17) is 0 Å². The van der Waals surface area contributed by atoms with Crippen LogP contribution in [0.4, 0.5) is 17.6 Å². The molecule has 152 valence electrons. The lowest BCUT2D eigenvalue weighted by atomic mass is 10.1. The molecule has 1 aliphatic rings. The fraction of sp³-hybridized carbons (Fsp3) is 0.632. The monoisotopic (exact) mass is 388 g/mol. The van der Waals surface area contributed by atoms with Crippen LogP contribution in [0.5, 0.6) is 0 Å². The van der Waals surface area contributed by atoms with Crippen LogP contribution in [0.1, 0.15) is 37.8 Å². The van der Waals surface area contributed by atoms with Crippen molar-refractivity contribution in [2.45, 2.75) is 39.4 Å². The Morgan fingerprint density at radius 2 is 2.04 bits per heavy atom. The van der Waals surface area contributed by atoms with Gasteiger partial charge in [0.05, 0.1) is 12.1 Å². The molecule has 4 nitrogen and oxygen atoms in total. The van der Waals surface area contributed by atoms with Crippen LogP contribution in [-0.2, 0) is 12.7 Å². The second-order valence-corrected chi connectivity index (χ2v) is 6.83. The number of hydrogen-bond acceptors (Lipinski definition) is 2. The largest absolute Gasteiger partial charge is 0.416 e. The van der Waals surface area contributed by atoms with Crippen molar-refractivity contribution in [3.63, 3.8) is 0 Å². The first-order chi connectivity index (χ1) is 12.8. The molecule has 27 heavy (non-hydrogen) atoms. The smallest absolute Gasteiger partial charge is 0.357 e. The first-order valence-corrected chi connectivity index (χ1v) is 9.43. The van der Waals surface area contributed by atoms with Crippen LogP contribution in [0, 0.1) is 11.7 Å². The molecule has 0 saturated carbocycles. The summed E-state index contributed by atoms with van der Waals surface area (Å²) in [6, 6.07) is 2.69. The second-order valence-electron chi connectivity index (χ2n) is 6.83. The lowest BCUT2D eigenvalue weighted by Crippen LogP contribution is -2.40. The van der Waals surface area contributed by atoms with Crippen LogP contribution in [0.3, 0.4) is 0 Å². The van der Waals surface area contributed by atoms with Gasteiger partial charge in [0.25, 0.3) is 0 Å². The minimum Gasteiger partial charge on any atom is -0.357 e. The zero-order valence-electron chi connectivity index (χ0n) is 15.9. The molecule has 0 aliphatic carbocycles. The molecule has 1 aliphatic heterocycles. The summed E-state index contributed by atoms with van der Waals surface area (Å²) in [7, 11) is 0. The number of benzene rings is 1. The van der Waals surface area contributed by atoms with Gasteiger partial charge in [0.15, 0.2) is 5.96 Å². The number of halogens is 4. The zero-order valence-corrected chi connectivity index (χ0v) is 15.9. The Hall–Kier alpha value is -1.83. The Morgan fingerprint density at radius 3 is 2.70 bits per heavy atom. The average molecular weight is 388 g/mol. The van der Waals surface area contributed by atoms with Crippen LogP contribution < -0.4 is 10.6 Å². The summed E-state index contributed by atoms with van der Waals surface area (Å²) >= 11 is 0. The molecule has 1 atom stereocenters. The standard InChI is InChI=1S/C19H28F4N4/c1-3-8-27-9-7-14(13-27)11-25-18(24-4-2)26-12-15-5-6-16(20)10-17(15)19(21,22)23/h5-6,10,14H,3-4,7-9,11-13H2,1-2H3,(H2,24,25,26). The van der Waals surface area contributed by atoms with Crippen molar-refractivity contribution in [2.75, 3.05) is 32.7 Å². The van der Waals surface area contributed by atoms with Crippen molar-refractivity contribution in [1.29, 1.82) is 0 Å². The van der Waals surface area contributed by atoms with Crippen molar-refractivity contribution in [2.24, 2.45) is 10.9 Å². The van der Waals surface area contributed by atoms with Gasteiger partial charge in [-0.25, -0.2) is 9.38 Å². The second kappa shape index (κ2) is 9.92. The first kappa shape index (κ1) is 21.5. The van der Waals surface area contributed by atoms with Crippen molar-refractivity contribution >= 4 is 5.96 Å². The molecule has 2 rings (SSSR count). The van der Waals surface area contributed by atoms with Crippen LogP contribution in [0.25, 0.3) is 0 Å². The van der Waals surface area contributed by atoms with E-state index in [2.05, 4.69) is 27.4 Å². The summed E-state index contributed by atoms with van der Waals surface area (Å²) in [4.78, 5) is 6.68. The quantitative estimate of drug-likeness (QED) is 0.426. The molecule has 1 aromatic rings. The molecule has 1 fully saturated rings. The number of nitrogens with one attached hydrogen (secondary N) is 2. The molecule has 1 unspecified atom stereocenters. The molecule has 0 aromatic heterocycles. The van der Waals surface area contributed by atoms with E-state index in [-0.39, 0.29) is 12.1 Å². The van der Waals surface area contributed by atoms with Gasteiger partial charge in [0.2, 0.25) is 0 Å². The SMILES string of the molecule is CCCN1CCC(CNC(=NCc2ccc(F)cc2C(F)(F)F)NCC)C1. The van der Waals surface area contributed by atoms with Gasteiger partial charge in [-0.3, -0.25) is 0 Å². The maximum atomic E-state index is 13.2. The third-order valence-electron chi connectivity index (χ3n) is 4.60. The summed E-state index contributed by atoms with van der Waals surface area (Å²) in [6.45, 7) is 8.41. The molecular formula is C19H28F4N4. The number of guanidine groups is 1. The molecular weight excluding hydrogens is 360 g/mol. The number of likely N-dealkylation sites (tertiary alicyclic amines) is 1. The molecule has 0 bridgehead atoms. The Kier molecular flexibility index (Phi) is 7.89. The van der Waals surface area contributed by atoms with E-state index in [9.17, 15) is 17.6 Å². The van der Waals surface area contributed by atoms with Crippen LogP contribution in [0.2, 0.25) is 0 Å². The van der Waals surface area contributed by atoms with Crippen molar-refractivity contribution in [3.05, 3.63) is 35.1 Å². The summed E-state index contributed by atoms with van der Waals surface area (Å²) < 4.78 is 52.5. The Morgan fingerprint density at radius 1 is 1.26 bits per heavy atom. The van der Waals surface area contributed by atoms with Crippen LogP contribution in [0.15, 0.2) is 23.2 Å². The van der Waals surface area contributed by atoms with Crippen molar-refractivity contribution in [1.82, 2.24) is 15.5 Å². The summed E-state index contributed by atoms with van der Waals surface area (Å²) in [5.74, 6) is 0.0683. The lowest BCUT2D eigenvalue weighted by molar-refractivity contribution is -0.138. The van der Waals surface area contributed by atoms with Gasteiger partial charge in [0.1, 0.15) is 5.82 Å². The van der Waals surface area contributed by atoms with Crippen molar-refractivity contribution < 1.29 is 17.6 Å². The number of hydrogen-bond donors (Lipinski definition) is 2. The molecule has 8 heteroatoms. The van der Waals surface area contributed by atoms with E-state index in [1.165, 1.54) is 0 Å². The summed E-state index contributed by atoms with van der Waals surface area (Å²) in [5, 5.41) is 6.27. The van der Waals surface area contributed by atoms with Gasteiger partial charge in [0, 0.05) is 19.6 Å². The third kappa shape index (κ3) is 6.68. The van der Waals surface area contributed by atoms with E-state index in [0.29, 0.717) is 24.5 Å². The lowest BCUT2D eigenvalue weighted by Gasteiger charge is -2.17. The van der Waals surface area contributed by atoms with E-state index in [1.54, 1.807) is 0 Å². The number of rotatable bonds is 7. The van der Waals surface area contributed by atoms with E-state index in [1.807, 2.05) is 6.92 Å². The fourth-order valence-electron chi connectivity index (χ4n) is 3.30. The van der Waals surface area contributed by atoms with E-state index >= 15 is 0 Å². The van der Waals surface area contributed by atoms with Crippen molar-refractivity contribution in [3.8, 4) is 0 Å². The number of nitrogens with zero attached hydrogens (tertiary/aromatic N) is 2. The predicted octanol–water partition coefficient (Wildman–Crippen LogP) is 3.63. The van der Waals surface area contributed by atoms with E-state index in [0.717, 1.165) is 51.2 Å². The maximum Gasteiger partial charge on any atom is 0.416 e. The summed E-state index contributed by atoms with van der Waals surface area (Å²) in [6.07, 6.45) is -2.38. The van der Waals surface area contributed by atoms with Gasteiger partial charge in [-0.15, -0.1) is 0 Å². The molecule has 1 saturated heterocycles. The highest BCUT2D eigenvalue weighted by atomic mass is 19.4. The highest BCUT2D eigenvalue weighted by Crippen LogP contribution is 2.32. The van der Waals surface area contributed by atoms with E-state index < -0.39 is 17.6 Å². The molecule has 2 N–H and O–H groups in total. The number of aliphatic imine (C=N–C) groups is 1. The highest BCUT2D eigenvalue weighted by molar-refractivity contribution is 5.79. The average Bonchev–Trinajstić information content (AvgIpc) is 3.05. The topological polar surface area (TPSA) is 39.7 Å². The van der Waals surface area contributed by atoms with Gasteiger partial charge < -0.3 is 15.5 Å². The fourth-order valence-corrected chi connectivity index (χ4v) is 3.30. The van der Waals surface area contributed by atoms with Gasteiger partial charge >= 0.3 is 6.18 Å². The third-order valence-corrected chi connectivity index (χ3v) is 4.60. The minimum atomic E-state index is -4.61. The molecule has 0 radical (unpaired) electrons. The molecule has 1 aromatic carbocycles. The Labute approximate surface area is 158 Å². The first-order valence-electron chi connectivity index (χ1n) is 9.43. The van der Waals surface area contributed by atoms with Gasteiger partial charge in [-0.2, -0.15) is 13.2 Å². The molecule has 0 spiro atoms. The predicted molar refractivity (Wildman–Crippen MR) is 99.1 cm³/mol. The number of alkyl halides is 3. The minimum absolute atomic E-state index is 0.0453. The molecule has 0 amide bonds. The maximum absolute atomic E-state index is 13.2. The Balaban J connectivity index is 2.00. The zero-order chi connectivity index (χ0) is 19.9. The van der Waals surface area contributed by atoms with Crippen LogP contribution >= 0.6 is 0 Å². The highest BCUT2D eigenvalue weighted by Gasteiger charge is 2.33. The normalized spacial score (nSPS) is 18.7. The van der Waals surface area contributed by atoms with Gasteiger partial charge in [-0.1, -0.05) is 13.0 Å². The van der Waals surface area contributed by atoms with Crippen LogP contribution in [-0.4, -0.2) is 43.6 Å². The van der Waals surface area contributed by atoms with Gasteiger partial charge in [-0.05, 0) is 56.5 Å². The Bertz CT molecular complexity index is 631.